The summed E-state index contributed by atoms with van der Waals surface area (Å²) in [6.07, 6.45) is 1.51. The lowest BCUT2D eigenvalue weighted by Gasteiger charge is -2.09. The Morgan fingerprint density at radius 2 is 2.16 bits per heavy atom. The van der Waals surface area contributed by atoms with Gasteiger partial charge in [-0.2, -0.15) is 0 Å². The summed E-state index contributed by atoms with van der Waals surface area (Å²) in [7, 11) is 1.49. The number of nitrogens with one attached hydrogen (secondary N) is 1. The normalized spacial score (nSPS) is 10.0. The van der Waals surface area contributed by atoms with Crippen LogP contribution >= 0.6 is 11.6 Å². The maximum atomic E-state index is 12.1. The average molecular weight is 278 g/mol. The fraction of sp³-hybridized carbons (Fsp3) is 0.0769. The second-order valence-electron chi connectivity index (χ2n) is 3.77. The van der Waals surface area contributed by atoms with E-state index in [2.05, 4.69) is 10.3 Å². The highest BCUT2D eigenvalue weighted by Gasteiger charge is 2.13. The highest BCUT2D eigenvalue weighted by atomic mass is 35.5. The summed E-state index contributed by atoms with van der Waals surface area (Å²) in [5, 5.41) is 3.12. The standard InChI is InChI=1S/C13H12ClN3O2/c1-19-11-3-2-9(15)7-10(11)13(18)17-12-6-8(14)4-5-16-12/h2-7H,15H2,1H3,(H,16,17,18). The minimum absolute atomic E-state index is 0.337. The number of nitrogen functional groups attached to an aromatic ring is 1. The molecule has 0 bridgehead atoms. The SMILES string of the molecule is COc1ccc(N)cc1C(=O)Nc1cc(Cl)ccn1. The number of anilines is 2. The molecule has 1 aromatic carbocycles. The van der Waals surface area contributed by atoms with Crippen LogP contribution in [0.4, 0.5) is 11.5 Å². The van der Waals surface area contributed by atoms with E-state index in [1.807, 2.05) is 0 Å². The molecule has 0 aliphatic carbocycles. The number of carbonyl (C=O) groups is 1. The summed E-state index contributed by atoms with van der Waals surface area (Å²) in [6, 6.07) is 8.01. The quantitative estimate of drug-likeness (QED) is 0.846. The Bertz CT molecular complexity index is 617. The van der Waals surface area contributed by atoms with Gasteiger partial charge in [-0.05, 0) is 30.3 Å². The molecule has 98 valence electrons. The number of rotatable bonds is 3. The molecule has 1 aromatic heterocycles. The molecule has 5 nitrogen and oxygen atoms in total. The van der Waals surface area contributed by atoms with Crippen molar-refractivity contribution in [3.05, 3.63) is 47.1 Å². The lowest BCUT2D eigenvalue weighted by molar-refractivity contribution is 0.102. The molecule has 0 radical (unpaired) electrons. The Morgan fingerprint density at radius 1 is 1.37 bits per heavy atom. The third-order valence-electron chi connectivity index (χ3n) is 2.43. The Morgan fingerprint density at radius 3 is 2.84 bits per heavy atom. The van der Waals surface area contributed by atoms with Crippen LogP contribution in [-0.4, -0.2) is 18.0 Å². The predicted octanol–water partition coefficient (Wildman–Crippen LogP) is 2.58. The molecule has 0 fully saturated rings. The van der Waals surface area contributed by atoms with Crippen LogP contribution in [0.2, 0.25) is 5.02 Å². The molecular formula is C13H12ClN3O2. The molecule has 6 heteroatoms. The van der Waals surface area contributed by atoms with E-state index >= 15 is 0 Å². The van der Waals surface area contributed by atoms with E-state index in [0.717, 1.165) is 0 Å². The summed E-state index contributed by atoms with van der Waals surface area (Å²) in [4.78, 5) is 16.1. The molecule has 1 heterocycles. The molecule has 2 rings (SSSR count). The van der Waals surface area contributed by atoms with E-state index < -0.39 is 0 Å². The third kappa shape index (κ3) is 3.14. The predicted molar refractivity (Wildman–Crippen MR) is 74.6 cm³/mol. The third-order valence-corrected chi connectivity index (χ3v) is 2.67. The summed E-state index contributed by atoms with van der Waals surface area (Å²) >= 11 is 5.82. The van der Waals surface area contributed by atoms with E-state index in [1.54, 1.807) is 30.3 Å². The first-order valence-electron chi connectivity index (χ1n) is 5.46. The number of nitrogens with zero attached hydrogens (tertiary/aromatic N) is 1. The topological polar surface area (TPSA) is 77.2 Å². The van der Waals surface area contributed by atoms with Crippen LogP contribution in [0.5, 0.6) is 5.75 Å². The summed E-state index contributed by atoms with van der Waals surface area (Å²) < 4.78 is 5.12. The van der Waals surface area contributed by atoms with E-state index in [-0.39, 0.29) is 5.91 Å². The van der Waals surface area contributed by atoms with E-state index in [0.29, 0.717) is 27.8 Å². The zero-order chi connectivity index (χ0) is 13.8. The number of benzene rings is 1. The van der Waals surface area contributed by atoms with Gasteiger partial charge in [0.15, 0.2) is 0 Å². The second-order valence-corrected chi connectivity index (χ2v) is 4.21. The van der Waals surface area contributed by atoms with Crippen molar-refractivity contribution in [2.24, 2.45) is 0 Å². The Hall–Kier alpha value is -2.27. The van der Waals surface area contributed by atoms with Gasteiger partial charge < -0.3 is 15.8 Å². The number of methoxy groups -OCH3 is 1. The molecule has 0 unspecified atom stereocenters. The highest BCUT2D eigenvalue weighted by molar-refractivity contribution is 6.30. The Balaban J connectivity index is 2.27. The molecule has 1 amide bonds. The minimum Gasteiger partial charge on any atom is -0.496 e. The first-order valence-corrected chi connectivity index (χ1v) is 5.84. The van der Waals surface area contributed by atoms with Crippen LogP contribution in [0.1, 0.15) is 10.4 Å². The largest absolute Gasteiger partial charge is 0.496 e. The molecule has 19 heavy (non-hydrogen) atoms. The van der Waals surface area contributed by atoms with Gasteiger partial charge >= 0.3 is 0 Å². The fourth-order valence-corrected chi connectivity index (χ4v) is 1.72. The maximum absolute atomic E-state index is 12.1. The van der Waals surface area contributed by atoms with Gasteiger partial charge in [0.05, 0.1) is 12.7 Å². The molecule has 0 aliphatic heterocycles. The molecule has 0 aliphatic rings. The minimum atomic E-state index is -0.362. The number of nitrogens with two attached hydrogens (primary N) is 1. The van der Waals surface area contributed by atoms with Gasteiger partial charge in [0.1, 0.15) is 11.6 Å². The summed E-state index contributed by atoms with van der Waals surface area (Å²) in [5.41, 5.74) is 6.48. The van der Waals surface area contributed by atoms with Crippen molar-refractivity contribution < 1.29 is 9.53 Å². The number of ether oxygens (including phenoxy) is 1. The van der Waals surface area contributed by atoms with Gasteiger partial charge in [0.25, 0.3) is 5.91 Å². The molecule has 2 aromatic rings. The van der Waals surface area contributed by atoms with Gasteiger partial charge in [0.2, 0.25) is 0 Å². The van der Waals surface area contributed by atoms with Crippen molar-refractivity contribution in [3.63, 3.8) is 0 Å². The molecule has 0 atom stereocenters. The fourth-order valence-electron chi connectivity index (χ4n) is 1.56. The number of pyridine rings is 1. The number of hydrogen-bond acceptors (Lipinski definition) is 4. The smallest absolute Gasteiger partial charge is 0.260 e. The monoisotopic (exact) mass is 277 g/mol. The lowest BCUT2D eigenvalue weighted by Crippen LogP contribution is -2.14. The van der Waals surface area contributed by atoms with Crippen molar-refractivity contribution >= 4 is 29.0 Å². The van der Waals surface area contributed by atoms with Crippen LogP contribution in [0.25, 0.3) is 0 Å². The second kappa shape index (κ2) is 5.58. The van der Waals surface area contributed by atoms with Gasteiger partial charge in [-0.3, -0.25) is 4.79 Å². The zero-order valence-electron chi connectivity index (χ0n) is 10.2. The van der Waals surface area contributed by atoms with Crippen molar-refractivity contribution in [1.82, 2.24) is 4.98 Å². The van der Waals surface area contributed by atoms with Crippen LogP contribution in [0.3, 0.4) is 0 Å². The van der Waals surface area contributed by atoms with Crippen LogP contribution < -0.4 is 15.8 Å². The summed E-state index contributed by atoms with van der Waals surface area (Å²) in [6.45, 7) is 0. The Labute approximate surface area is 115 Å². The average Bonchev–Trinajstić information content (AvgIpc) is 2.38. The van der Waals surface area contributed by atoms with E-state index in [9.17, 15) is 4.79 Å². The van der Waals surface area contributed by atoms with Crippen molar-refractivity contribution in [1.29, 1.82) is 0 Å². The molecule has 3 N–H and O–H groups in total. The number of aromatic nitrogens is 1. The molecule has 0 saturated carbocycles. The number of halogens is 1. The van der Waals surface area contributed by atoms with Gasteiger partial charge in [-0.15, -0.1) is 0 Å². The van der Waals surface area contributed by atoms with E-state index in [4.69, 9.17) is 22.1 Å². The molecular weight excluding hydrogens is 266 g/mol. The van der Waals surface area contributed by atoms with Crippen molar-refractivity contribution in [2.75, 3.05) is 18.2 Å². The zero-order valence-corrected chi connectivity index (χ0v) is 10.9. The molecule has 0 saturated heterocycles. The summed E-state index contributed by atoms with van der Waals surface area (Å²) in [5.74, 6) is 0.439. The number of hydrogen-bond donors (Lipinski definition) is 2. The van der Waals surface area contributed by atoms with Crippen LogP contribution in [-0.2, 0) is 0 Å². The van der Waals surface area contributed by atoms with Gasteiger partial charge in [-0.25, -0.2) is 4.98 Å². The van der Waals surface area contributed by atoms with Crippen molar-refractivity contribution in [2.45, 2.75) is 0 Å². The lowest BCUT2D eigenvalue weighted by atomic mass is 10.1. The van der Waals surface area contributed by atoms with Crippen molar-refractivity contribution in [3.8, 4) is 5.75 Å². The Kier molecular flexibility index (Phi) is 3.87. The highest BCUT2D eigenvalue weighted by Crippen LogP contribution is 2.22. The number of amides is 1. The van der Waals surface area contributed by atoms with Gasteiger partial charge in [-0.1, -0.05) is 11.6 Å². The number of carbonyl (C=O) groups excluding carboxylic acids is 1. The van der Waals surface area contributed by atoms with Crippen LogP contribution in [0.15, 0.2) is 36.5 Å². The first kappa shape index (κ1) is 13.2. The van der Waals surface area contributed by atoms with Crippen LogP contribution in [0, 0.1) is 0 Å². The van der Waals surface area contributed by atoms with Gasteiger partial charge in [0, 0.05) is 16.9 Å². The van der Waals surface area contributed by atoms with E-state index in [1.165, 1.54) is 13.3 Å². The molecule has 0 spiro atoms. The first-order chi connectivity index (χ1) is 9.10. The maximum Gasteiger partial charge on any atom is 0.260 e.